The zero-order valence-corrected chi connectivity index (χ0v) is 11.3. The molecule has 0 bridgehead atoms. The lowest BCUT2D eigenvalue weighted by molar-refractivity contribution is -0.120. The van der Waals surface area contributed by atoms with E-state index in [2.05, 4.69) is 5.32 Å². The third kappa shape index (κ3) is 4.37. The van der Waals surface area contributed by atoms with Gasteiger partial charge in [0.1, 0.15) is 5.75 Å². The first-order chi connectivity index (χ1) is 8.54. The highest BCUT2D eigenvalue weighted by Crippen LogP contribution is 2.11. The Kier molecular flexibility index (Phi) is 5.65. The molecule has 1 aromatic rings. The molecule has 0 radical (unpaired) electrons. The van der Waals surface area contributed by atoms with Gasteiger partial charge in [-0.15, -0.1) is 0 Å². The molecule has 0 saturated heterocycles. The van der Waals surface area contributed by atoms with Crippen molar-refractivity contribution in [3.63, 3.8) is 0 Å². The average Bonchev–Trinajstić information content (AvgIpc) is 2.34. The number of amides is 1. The molecule has 3 N–H and O–H groups in total. The van der Waals surface area contributed by atoms with Crippen molar-refractivity contribution >= 4 is 5.91 Å². The fraction of sp³-hybridized carbons (Fsp3) is 0.500. The summed E-state index contributed by atoms with van der Waals surface area (Å²) in [6.07, 6.45) is 0.862. The lowest BCUT2D eigenvalue weighted by Gasteiger charge is -2.18. The van der Waals surface area contributed by atoms with E-state index in [0.29, 0.717) is 0 Å². The van der Waals surface area contributed by atoms with Gasteiger partial charge in [0.2, 0.25) is 5.91 Å². The maximum Gasteiger partial charge on any atom is 0.234 e. The van der Waals surface area contributed by atoms with E-state index in [1.54, 1.807) is 7.11 Å². The quantitative estimate of drug-likeness (QED) is 0.767. The molecule has 1 rings (SSSR count). The Bertz CT molecular complexity index is 374. The topological polar surface area (TPSA) is 64.3 Å². The van der Waals surface area contributed by atoms with Gasteiger partial charge in [0.25, 0.3) is 0 Å². The maximum absolute atomic E-state index is 11.2. The van der Waals surface area contributed by atoms with E-state index in [9.17, 15) is 4.79 Å². The first-order valence-electron chi connectivity index (χ1n) is 6.20. The first kappa shape index (κ1) is 14.5. The van der Waals surface area contributed by atoms with Crippen molar-refractivity contribution in [2.24, 2.45) is 11.7 Å². The minimum atomic E-state index is -0.292. The van der Waals surface area contributed by atoms with Crippen molar-refractivity contribution in [3.05, 3.63) is 29.8 Å². The molecule has 0 heterocycles. The molecular formula is C14H22N2O2. The van der Waals surface area contributed by atoms with Crippen LogP contribution in [0.4, 0.5) is 0 Å². The van der Waals surface area contributed by atoms with Crippen molar-refractivity contribution in [1.82, 2.24) is 5.32 Å². The second-order valence-electron chi connectivity index (χ2n) is 4.68. The third-order valence-electron chi connectivity index (χ3n) is 2.91. The predicted molar refractivity (Wildman–Crippen MR) is 72.5 cm³/mol. The largest absolute Gasteiger partial charge is 0.497 e. The highest BCUT2D eigenvalue weighted by atomic mass is 16.5. The number of nitrogens with one attached hydrogen (secondary N) is 1. The van der Waals surface area contributed by atoms with Crippen LogP contribution in [-0.2, 0) is 11.2 Å². The van der Waals surface area contributed by atoms with Crippen molar-refractivity contribution in [2.75, 3.05) is 13.7 Å². The summed E-state index contributed by atoms with van der Waals surface area (Å²) >= 11 is 0. The monoisotopic (exact) mass is 250 g/mol. The molecular weight excluding hydrogens is 228 g/mol. The van der Waals surface area contributed by atoms with E-state index < -0.39 is 0 Å². The van der Waals surface area contributed by atoms with Crippen LogP contribution >= 0.6 is 0 Å². The predicted octanol–water partition coefficient (Wildman–Crippen LogP) is 1.34. The van der Waals surface area contributed by atoms with Crippen LogP contribution in [0, 0.1) is 5.92 Å². The molecule has 0 aliphatic carbocycles. The summed E-state index contributed by atoms with van der Waals surface area (Å²) in [6.45, 7) is 4.70. The number of hydrogen-bond donors (Lipinski definition) is 2. The molecule has 100 valence electrons. The van der Waals surface area contributed by atoms with Gasteiger partial charge in [-0.25, -0.2) is 0 Å². The summed E-state index contributed by atoms with van der Waals surface area (Å²) in [7, 11) is 1.65. The van der Waals surface area contributed by atoms with Gasteiger partial charge in [-0.05, 0) is 36.6 Å². The summed E-state index contributed by atoms with van der Waals surface area (Å²) in [5, 5.41) is 3.19. The molecule has 0 saturated carbocycles. The van der Waals surface area contributed by atoms with Gasteiger partial charge < -0.3 is 15.8 Å². The number of methoxy groups -OCH3 is 1. The molecule has 0 fully saturated rings. The molecule has 4 nitrogen and oxygen atoms in total. The minimum absolute atomic E-state index is 0.207. The third-order valence-corrected chi connectivity index (χ3v) is 2.91. The van der Waals surface area contributed by atoms with Crippen molar-refractivity contribution in [1.29, 1.82) is 0 Å². The zero-order valence-electron chi connectivity index (χ0n) is 11.3. The summed E-state index contributed by atoms with van der Waals surface area (Å²) in [5.41, 5.74) is 6.54. The highest BCUT2D eigenvalue weighted by Gasteiger charge is 2.17. The smallest absolute Gasteiger partial charge is 0.234 e. The molecule has 1 atom stereocenters. The van der Waals surface area contributed by atoms with E-state index in [-0.39, 0.29) is 17.9 Å². The fourth-order valence-electron chi connectivity index (χ4n) is 1.83. The van der Waals surface area contributed by atoms with Gasteiger partial charge in [-0.2, -0.15) is 0 Å². The molecule has 1 aromatic carbocycles. The number of hydrogen-bond acceptors (Lipinski definition) is 3. The van der Waals surface area contributed by atoms with Crippen molar-refractivity contribution < 1.29 is 9.53 Å². The molecule has 0 aliphatic heterocycles. The normalized spacial score (nSPS) is 12.4. The van der Waals surface area contributed by atoms with Gasteiger partial charge >= 0.3 is 0 Å². The van der Waals surface area contributed by atoms with Crippen LogP contribution in [0.3, 0.4) is 0 Å². The number of ether oxygens (including phenoxy) is 1. The molecule has 4 heteroatoms. The van der Waals surface area contributed by atoms with Crippen LogP contribution in [0.5, 0.6) is 5.75 Å². The van der Waals surface area contributed by atoms with Gasteiger partial charge in [-0.1, -0.05) is 26.0 Å². The van der Waals surface area contributed by atoms with Crippen LogP contribution in [0.2, 0.25) is 0 Å². The first-order valence-corrected chi connectivity index (χ1v) is 6.20. The Morgan fingerprint density at radius 1 is 1.33 bits per heavy atom. The second-order valence-corrected chi connectivity index (χ2v) is 4.68. The van der Waals surface area contributed by atoms with Crippen LogP contribution in [0.1, 0.15) is 19.4 Å². The lowest BCUT2D eigenvalue weighted by Crippen LogP contribution is -2.45. The summed E-state index contributed by atoms with van der Waals surface area (Å²) in [6, 6.07) is 7.65. The van der Waals surface area contributed by atoms with Gasteiger partial charge in [0, 0.05) is 0 Å². The summed E-state index contributed by atoms with van der Waals surface area (Å²) in [5.74, 6) is 0.766. The van der Waals surface area contributed by atoms with Crippen molar-refractivity contribution in [3.8, 4) is 5.75 Å². The standard InChI is InChI=1S/C14H22N2O2/c1-10(2)13(14(15)17)16-9-8-11-4-6-12(18-3)7-5-11/h4-7,10,13,16H,8-9H2,1-3H3,(H2,15,17). The Morgan fingerprint density at radius 2 is 1.94 bits per heavy atom. The zero-order chi connectivity index (χ0) is 13.5. The van der Waals surface area contributed by atoms with E-state index in [1.807, 2.05) is 38.1 Å². The van der Waals surface area contributed by atoms with Gasteiger partial charge in [-0.3, -0.25) is 4.79 Å². The fourth-order valence-corrected chi connectivity index (χ4v) is 1.83. The second kappa shape index (κ2) is 7.01. The van der Waals surface area contributed by atoms with Gasteiger partial charge in [0.05, 0.1) is 13.2 Å². The minimum Gasteiger partial charge on any atom is -0.497 e. The summed E-state index contributed by atoms with van der Waals surface area (Å²) in [4.78, 5) is 11.2. The van der Waals surface area contributed by atoms with Crippen LogP contribution in [0.15, 0.2) is 24.3 Å². The number of rotatable bonds is 7. The van der Waals surface area contributed by atoms with Gasteiger partial charge in [0.15, 0.2) is 0 Å². The van der Waals surface area contributed by atoms with E-state index in [4.69, 9.17) is 10.5 Å². The molecule has 0 spiro atoms. The van der Waals surface area contributed by atoms with E-state index in [1.165, 1.54) is 5.56 Å². The molecule has 0 aromatic heterocycles. The SMILES string of the molecule is COc1ccc(CCNC(C(N)=O)C(C)C)cc1. The number of carbonyl (C=O) groups is 1. The maximum atomic E-state index is 11.2. The lowest BCUT2D eigenvalue weighted by atomic mass is 10.0. The Balaban J connectivity index is 2.42. The number of carbonyl (C=O) groups excluding carboxylic acids is 1. The van der Waals surface area contributed by atoms with Crippen molar-refractivity contribution in [2.45, 2.75) is 26.3 Å². The Morgan fingerprint density at radius 3 is 2.39 bits per heavy atom. The Hall–Kier alpha value is -1.55. The average molecular weight is 250 g/mol. The van der Waals surface area contributed by atoms with E-state index in [0.717, 1.165) is 18.7 Å². The van der Waals surface area contributed by atoms with Crippen LogP contribution in [0.25, 0.3) is 0 Å². The molecule has 1 amide bonds. The number of primary amides is 1. The van der Waals surface area contributed by atoms with E-state index >= 15 is 0 Å². The molecule has 1 unspecified atom stereocenters. The number of benzene rings is 1. The van der Waals surface area contributed by atoms with Crippen LogP contribution < -0.4 is 15.8 Å². The Labute approximate surface area is 109 Å². The molecule has 18 heavy (non-hydrogen) atoms. The summed E-state index contributed by atoms with van der Waals surface area (Å²) < 4.78 is 5.10. The highest BCUT2D eigenvalue weighted by molar-refractivity contribution is 5.80. The number of nitrogens with two attached hydrogens (primary N) is 1. The van der Waals surface area contributed by atoms with Crippen LogP contribution in [-0.4, -0.2) is 25.6 Å². The molecule has 0 aliphatic rings.